The van der Waals surface area contributed by atoms with Gasteiger partial charge < -0.3 is 35.8 Å². The molecule has 2 aromatic carbocycles. The van der Waals surface area contributed by atoms with Gasteiger partial charge in [-0.1, -0.05) is 81.4 Å². The molecule has 1 heterocycles. The molecule has 5 N–H and O–H groups in total. The Morgan fingerprint density at radius 2 is 1.40 bits per heavy atom. The number of nitrogens with one attached hydrogen (secondary N) is 4. The lowest BCUT2D eigenvalue weighted by molar-refractivity contribution is -0.127. The van der Waals surface area contributed by atoms with Crippen LogP contribution in [0.25, 0.3) is 11.3 Å². The largest absolute Gasteiger partial charge is 0.453 e. The Bertz CT molecular complexity index is 1520. The van der Waals surface area contributed by atoms with Crippen molar-refractivity contribution in [1.82, 2.24) is 26.3 Å². The van der Waals surface area contributed by atoms with Crippen molar-refractivity contribution in [2.24, 2.45) is 5.41 Å². The van der Waals surface area contributed by atoms with Gasteiger partial charge in [0.05, 0.1) is 32.1 Å². The summed E-state index contributed by atoms with van der Waals surface area (Å²) in [6.07, 6.45) is 1.59. The highest BCUT2D eigenvalue weighted by Gasteiger charge is 2.35. The zero-order valence-corrected chi connectivity index (χ0v) is 30.3. The van der Waals surface area contributed by atoms with Gasteiger partial charge in [0.2, 0.25) is 11.8 Å². The van der Waals surface area contributed by atoms with Gasteiger partial charge in [0.25, 0.3) is 0 Å². The normalized spacial score (nSPS) is 14.2. The maximum absolute atomic E-state index is 13.8. The molecule has 0 unspecified atom stereocenters. The molecule has 1 aromatic heterocycles. The first-order chi connectivity index (χ1) is 23.8. The van der Waals surface area contributed by atoms with Crippen LogP contribution in [0.1, 0.15) is 38.3 Å². The molecule has 13 heteroatoms. The molecule has 0 fully saturated rings. The third-order valence-corrected chi connectivity index (χ3v) is 8.73. The van der Waals surface area contributed by atoms with E-state index >= 15 is 0 Å². The van der Waals surface area contributed by atoms with Crippen LogP contribution in [0.15, 0.2) is 79.0 Å². The van der Waals surface area contributed by atoms with Gasteiger partial charge >= 0.3 is 12.2 Å². The van der Waals surface area contributed by atoms with Crippen LogP contribution in [0.5, 0.6) is 0 Å². The van der Waals surface area contributed by atoms with Crippen molar-refractivity contribution in [2.75, 3.05) is 26.2 Å². The summed E-state index contributed by atoms with van der Waals surface area (Å²) in [4.78, 5) is 55.9. The molecule has 270 valence electrons. The summed E-state index contributed by atoms with van der Waals surface area (Å²) in [7, 11) is 2.45. The van der Waals surface area contributed by atoms with Crippen LogP contribution in [-0.2, 0) is 31.9 Å². The van der Waals surface area contributed by atoms with Crippen LogP contribution in [-0.4, -0.2) is 90.6 Å². The van der Waals surface area contributed by atoms with E-state index in [0.29, 0.717) is 6.42 Å². The Morgan fingerprint density at radius 3 is 1.98 bits per heavy atom. The first-order valence-electron chi connectivity index (χ1n) is 16.4. The van der Waals surface area contributed by atoms with E-state index in [2.05, 4.69) is 26.3 Å². The number of thioether (sulfide) groups is 1. The molecule has 12 nitrogen and oxygen atoms in total. The number of aliphatic hydroxyl groups is 1. The molecular formula is C37H49N5O7S. The minimum atomic E-state index is -1.13. The minimum Gasteiger partial charge on any atom is -0.453 e. The summed E-state index contributed by atoms with van der Waals surface area (Å²) in [6, 6.07) is 19.6. The van der Waals surface area contributed by atoms with Gasteiger partial charge in [0, 0.05) is 23.6 Å². The number of benzene rings is 2. The van der Waals surface area contributed by atoms with E-state index in [-0.39, 0.29) is 18.6 Å². The number of aliphatic hydroxyl groups excluding tert-OH is 1. The summed E-state index contributed by atoms with van der Waals surface area (Å²) >= 11 is 1.37. The van der Waals surface area contributed by atoms with Crippen molar-refractivity contribution in [2.45, 2.75) is 70.3 Å². The molecule has 0 aliphatic carbocycles. The maximum atomic E-state index is 13.8. The highest BCUT2D eigenvalue weighted by molar-refractivity contribution is 7.98. The van der Waals surface area contributed by atoms with Crippen molar-refractivity contribution in [1.29, 1.82) is 0 Å². The Kier molecular flexibility index (Phi) is 15.6. The number of carbonyl (C=O) groups is 4. The number of methoxy groups -OCH3 is 2. The van der Waals surface area contributed by atoms with Crippen LogP contribution in [0.2, 0.25) is 0 Å². The van der Waals surface area contributed by atoms with E-state index in [4.69, 9.17) is 9.47 Å². The molecule has 0 saturated carbocycles. The lowest BCUT2D eigenvalue weighted by Crippen LogP contribution is -2.57. The van der Waals surface area contributed by atoms with Crippen molar-refractivity contribution in [3.05, 3.63) is 90.1 Å². The molecule has 50 heavy (non-hydrogen) atoms. The molecule has 3 aromatic rings. The summed E-state index contributed by atoms with van der Waals surface area (Å²) in [6.45, 7) is 5.48. The Hall–Kier alpha value is -4.62. The van der Waals surface area contributed by atoms with Crippen LogP contribution >= 0.6 is 11.8 Å². The molecule has 0 aliphatic heterocycles. The molecule has 4 amide bonds. The summed E-state index contributed by atoms with van der Waals surface area (Å²) in [5, 5.41) is 23.0. The zero-order chi connectivity index (χ0) is 36.7. The van der Waals surface area contributed by atoms with Crippen LogP contribution in [0, 0.1) is 5.41 Å². The molecule has 0 spiro atoms. The predicted molar refractivity (Wildman–Crippen MR) is 195 cm³/mol. The first kappa shape index (κ1) is 39.8. The second kappa shape index (κ2) is 19.5. The fourth-order valence-electron chi connectivity index (χ4n) is 5.40. The van der Waals surface area contributed by atoms with Gasteiger partial charge in [-0.2, -0.15) is 11.8 Å². The minimum absolute atomic E-state index is 0.0538. The number of alkyl carbamates (subject to hydrolysis) is 2. The van der Waals surface area contributed by atoms with Gasteiger partial charge in [0.1, 0.15) is 12.1 Å². The van der Waals surface area contributed by atoms with Gasteiger partial charge in [0.15, 0.2) is 0 Å². The van der Waals surface area contributed by atoms with Crippen molar-refractivity contribution >= 4 is 35.8 Å². The Labute approximate surface area is 298 Å². The number of hydrogen-bond donors (Lipinski definition) is 5. The van der Waals surface area contributed by atoms with E-state index in [0.717, 1.165) is 22.4 Å². The number of hydrogen-bond acceptors (Lipinski definition) is 9. The van der Waals surface area contributed by atoms with Crippen molar-refractivity contribution in [3.63, 3.8) is 0 Å². The third-order valence-electron chi connectivity index (χ3n) is 8.06. The highest BCUT2D eigenvalue weighted by Crippen LogP contribution is 2.22. The number of pyridine rings is 1. The second-order valence-electron chi connectivity index (χ2n) is 13.0. The molecule has 0 radical (unpaired) electrons. The molecule has 5 atom stereocenters. The second-order valence-corrected chi connectivity index (χ2v) is 13.9. The predicted octanol–water partition coefficient (Wildman–Crippen LogP) is 4.11. The number of aromatic nitrogens is 1. The zero-order valence-electron chi connectivity index (χ0n) is 29.5. The molecule has 0 bridgehead atoms. The summed E-state index contributed by atoms with van der Waals surface area (Å²) < 4.78 is 9.49. The average Bonchev–Trinajstić information content (AvgIpc) is 3.10. The molecule has 0 saturated heterocycles. The maximum Gasteiger partial charge on any atom is 0.407 e. The van der Waals surface area contributed by atoms with Crippen LogP contribution < -0.4 is 21.3 Å². The lowest BCUT2D eigenvalue weighted by atomic mass is 9.85. The third kappa shape index (κ3) is 12.7. The molecular weight excluding hydrogens is 659 g/mol. The summed E-state index contributed by atoms with van der Waals surface area (Å²) in [5.74, 6) is -0.648. The Morgan fingerprint density at radius 1 is 0.780 bits per heavy atom. The smallest absolute Gasteiger partial charge is 0.407 e. The quantitative estimate of drug-likeness (QED) is 0.147. The van der Waals surface area contributed by atoms with E-state index in [1.54, 1.807) is 6.20 Å². The number of nitrogens with zero attached hydrogens (tertiary/aromatic N) is 1. The number of rotatable bonds is 16. The van der Waals surface area contributed by atoms with E-state index in [1.807, 2.05) is 99.8 Å². The van der Waals surface area contributed by atoms with E-state index in [1.165, 1.54) is 26.0 Å². The van der Waals surface area contributed by atoms with E-state index in [9.17, 15) is 24.3 Å². The first-order valence-corrected chi connectivity index (χ1v) is 17.7. The van der Waals surface area contributed by atoms with Gasteiger partial charge in [-0.25, -0.2) is 9.59 Å². The van der Waals surface area contributed by atoms with Crippen LogP contribution in [0.3, 0.4) is 0 Å². The molecule has 0 aliphatic rings. The highest BCUT2D eigenvalue weighted by atomic mass is 32.2. The monoisotopic (exact) mass is 707 g/mol. The molecule has 3 rings (SSSR count). The van der Waals surface area contributed by atoms with Gasteiger partial charge in [-0.3, -0.25) is 14.6 Å². The van der Waals surface area contributed by atoms with Crippen LogP contribution in [0.4, 0.5) is 9.59 Å². The fraction of sp³-hybridized carbons (Fsp3) is 0.432. The number of amides is 4. The van der Waals surface area contributed by atoms with E-state index < -0.39 is 59.7 Å². The average molecular weight is 708 g/mol. The lowest BCUT2D eigenvalue weighted by Gasteiger charge is -2.33. The number of ether oxygens (including phenoxy) is 2. The fourth-order valence-corrected chi connectivity index (χ4v) is 5.97. The van der Waals surface area contributed by atoms with Crippen molar-refractivity contribution in [3.8, 4) is 11.3 Å². The van der Waals surface area contributed by atoms with Crippen molar-refractivity contribution < 1.29 is 33.8 Å². The SMILES string of the molecule is COC(=O)N[C@@H](CSC)C(=O)N[C@@H](Cc1ccccc1)[C@@H](O)C[C@H](Cc1ccc(-c2ccccn2)cc1)NC(=O)[C@@H](NC(=O)OC)C(C)(C)C. The topological polar surface area (TPSA) is 168 Å². The van der Waals surface area contributed by atoms with Gasteiger partial charge in [-0.05, 0) is 54.2 Å². The summed E-state index contributed by atoms with van der Waals surface area (Å²) in [5.41, 5.74) is 2.84. The number of carbonyl (C=O) groups excluding carboxylic acids is 4. The standard InChI is InChI=1S/C37H49N5O7S/c1-37(2,3)32(42-36(47)49-5)34(45)39-27(20-25-15-17-26(18-16-25)28-14-10-11-19-38-28)22-31(43)29(21-24-12-8-7-9-13-24)40-33(44)30(23-50-6)41-35(46)48-4/h7-19,27,29-32,43H,20-23H2,1-6H3,(H,39,45)(H,40,44)(H,41,46)(H,42,47)/t27-,29-,30-,31-,32+/m0/s1. The Balaban J connectivity index is 1.93. The van der Waals surface area contributed by atoms with Gasteiger partial charge in [-0.15, -0.1) is 0 Å².